The van der Waals surface area contributed by atoms with E-state index in [9.17, 15) is 9.59 Å². The van der Waals surface area contributed by atoms with Crippen LogP contribution in [0.3, 0.4) is 0 Å². The number of nitrogens with zero attached hydrogens (tertiary/aromatic N) is 2. The summed E-state index contributed by atoms with van der Waals surface area (Å²) in [5, 5.41) is 1.16. The Morgan fingerprint density at radius 1 is 1.24 bits per heavy atom. The maximum absolute atomic E-state index is 13.1. The van der Waals surface area contributed by atoms with Crippen LogP contribution in [0.1, 0.15) is 62.8 Å². The Hall–Kier alpha value is -2.67. The van der Waals surface area contributed by atoms with Gasteiger partial charge in [-0.15, -0.1) is 11.3 Å². The molecule has 4 rings (SSSR count). The lowest BCUT2D eigenvalue weighted by Crippen LogP contribution is -2.38. The van der Waals surface area contributed by atoms with Crippen molar-refractivity contribution in [2.24, 2.45) is 0 Å². The van der Waals surface area contributed by atoms with Gasteiger partial charge in [0.05, 0.1) is 27.4 Å². The molecule has 0 unspecified atom stereocenters. The van der Waals surface area contributed by atoms with Crippen LogP contribution in [0.15, 0.2) is 24.3 Å². The first kappa shape index (κ1) is 19.6. The number of rotatable bonds is 4. The number of amides is 1. The van der Waals surface area contributed by atoms with Gasteiger partial charge in [0.2, 0.25) is 0 Å². The van der Waals surface area contributed by atoms with E-state index in [4.69, 9.17) is 9.72 Å². The topological polar surface area (TPSA) is 75.3 Å². The van der Waals surface area contributed by atoms with Crippen molar-refractivity contribution in [2.45, 2.75) is 39.5 Å². The number of aromatic amines is 1. The van der Waals surface area contributed by atoms with E-state index in [1.807, 2.05) is 23.1 Å². The van der Waals surface area contributed by atoms with Gasteiger partial charge in [-0.2, -0.15) is 0 Å². The summed E-state index contributed by atoms with van der Waals surface area (Å²) in [5.74, 6) is -0.0470. The molecular formula is C22H25N3O3S. The number of fused-ring (bicyclic) bond motifs is 1. The fourth-order valence-electron chi connectivity index (χ4n) is 4.03. The van der Waals surface area contributed by atoms with Gasteiger partial charge in [0.25, 0.3) is 5.91 Å². The summed E-state index contributed by atoms with van der Waals surface area (Å²) < 4.78 is 6.34. The van der Waals surface area contributed by atoms with Crippen molar-refractivity contribution < 1.29 is 14.3 Å². The SMILES string of the molecule is CCOC(=O)c1c(C)[nH]c(C(=O)N2CCC(c3nc4ccccc4s3)CC2)c1C. The number of esters is 1. The van der Waals surface area contributed by atoms with E-state index in [2.05, 4.69) is 11.1 Å². The molecule has 0 radical (unpaired) electrons. The molecule has 1 aromatic carbocycles. The smallest absolute Gasteiger partial charge is 0.340 e. The lowest BCUT2D eigenvalue weighted by atomic mass is 9.97. The largest absolute Gasteiger partial charge is 0.462 e. The summed E-state index contributed by atoms with van der Waals surface area (Å²) in [5.41, 5.74) is 3.35. The standard InChI is InChI=1S/C22H25N3O3S/c1-4-28-22(27)18-13(2)19(23-14(18)3)21(26)25-11-9-15(10-12-25)20-24-16-7-5-6-8-17(16)29-20/h5-8,15,23H,4,9-12H2,1-3H3. The minimum atomic E-state index is -0.382. The number of hydrogen-bond donors (Lipinski definition) is 1. The Labute approximate surface area is 173 Å². The summed E-state index contributed by atoms with van der Waals surface area (Å²) in [6.45, 7) is 7.06. The average molecular weight is 412 g/mol. The van der Waals surface area contributed by atoms with E-state index in [1.165, 1.54) is 4.70 Å². The second-order valence-corrected chi connectivity index (χ2v) is 8.49. The van der Waals surface area contributed by atoms with Crippen LogP contribution in [0.5, 0.6) is 0 Å². The molecular weight excluding hydrogens is 386 g/mol. The number of aryl methyl sites for hydroxylation is 1. The van der Waals surface area contributed by atoms with Gasteiger partial charge in [-0.3, -0.25) is 4.79 Å². The second-order valence-electron chi connectivity index (χ2n) is 7.43. The number of nitrogens with one attached hydrogen (secondary N) is 1. The highest BCUT2D eigenvalue weighted by molar-refractivity contribution is 7.18. The van der Waals surface area contributed by atoms with E-state index >= 15 is 0 Å². The Kier molecular flexibility index (Phi) is 5.41. The summed E-state index contributed by atoms with van der Waals surface area (Å²) in [6.07, 6.45) is 1.80. The first-order valence-corrected chi connectivity index (χ1v) is 10.8. The molecule has 1 aliphatic rings. The predicted molar refractivity (Wildman–Crippen MR) is 114 cm³/mol. The fourth-order valence-corrected chi connectivity index (χ4v) is 5.16. The number of piperidine rings is 1. The van der Waals surface area contributed by atoms with Crippen molar-refractivity contribution in [2.75, 3.05) is 19.7 Å². The molecule has 0 aliphatic carbocycles. The van der Waals surface area contributed by atoms with Crippen LogP contribution in [-0.2, 0) is 4.74 Å². The highest BCUT2D eigenvalue weighted by Gasteiger charge is 2.30. The van der Waals surface area contributed by atoms with Crippen LogP contribution >= 0.6 is 11.3 Å². The Balaban J connectivity index is 1.46. The first-order chi connectivity index (χ1) is 14.0. The van der Waals surface area contributed by atoms with Crippen molar-refractivity contribution in [1.82, 2.24) is 14.9 Å². The number of para-hydroxylation sites is 1. The van der Waals surface area contributed by atoms with E-state index in [1.54, 1.807) is 32.1 Å². The quantitative estimate of drug-likeness (QED) is 0.644. The molecule has 0 saturated carbocycles. The molecule has 1 fully saturated rings. The van der Waals surface area contributed by atoms with Crippen LogP contribution in [0.4, 0.5) is 0 Å². The summed E-state index contributed by atoms with van der Waals surface area (Å²) in [7, 11) is 0. The molecule has 3 aromatic rings. The monoisotopic (exact) mass is 411 g/mol. The number of aromatic nitrogens is 2. The number of carbonyl (C=O) groups is 2. The molecule has 0 bridgehead atoms. The summed E-state index contributed by atoms with van der Waals surface area (Å²) in [4.78, 5) is 35.0. The number of likely N-dealkylation sites (tertiary alicyclic amines) is 1. The molecule has 1 saturated heterocycles. The number of ether oxygens (including phenoxy) is 1. The predicted octanol–water partition coefficient (Wildman–Crippen LogP) is 4.44. The molecule has 29 heavy (non-hydrogen) atoms. The van der Waals surface area contributed by atoms with Crippen LogP contribution < -0.4 is 0 Å². The lowest BCUT2D eigenvalue weighted by Gasteiger charge is -2.31. The van der Waals surface area contributed by atoms with Crippen LogP contribution in [0, 0.1) is 13.8 Å². The zero-order chi connectivity index (χ0) is 20.5. The Morgan fingerprint density at radius 2 is 1.97 bits per heavy atom. The van der Waals surface area contributed by atoms with Crippen molar-refractivity contribution in [3.8, 4) is 0 Å². The minimum absolute atomic E-state index is 0.0519. The number of benzene rings is 1. The number of H-pyrrole nitrogens is 1. The molecule has 7 heteroatoms. The fraction of sp³-hybridized carbons (Fsp3) is 0.409. The molecule has 2 aromatic heterocycles. The number of carbonyl (C=O) groups excluding carboxylic acids is 2. The van der Waals surface area contributed by atoms with Gasteiger partial charge in [-0.05, 0) is 51.3 Å². The maximum atomic E-state index is 13.1. The molecule has 1 aliphatic heterocycles. The minimum Gasteiger partial charge on any atom is -0.462 e. The Bertz CT molecular complexity index is 1030. The molecule has 3 heterocycles. The summed E-state index contributed by atoms with van der Waals surface area (Å²) in [6, 6.07) is 8.20. The van der Waals surface area contributed by atoms with Gasteiger partial charge in [-0.1, -0.05) is 12.1 Å². The molecule has 6 nitrogen and oxygen atoms in total. The molecule has 0 spiro atoms. The van der Waals surface area contributed by atoms with E-state index < -0.39 is 0 Å². The molecule has 152 valence electrons. The van der Waals surface area contributed by atoms with Crippen LogP contribution in [-0.4, -0.2) is 46.4 Å². The van der Waals surface area contributed by atoms with Crippen molar-refractivity contribution in [3.05, 3.63) is 51.8 Å². The van der Waals surface area contributed by atoms with Crippen molar-refractivity contribution in [1.29, 1.82) is 0 Å². The van der Waals surface area contributed by atoms with Crippen molar-refractivity contribution in [3.63, 3.8) is 0 Å². The van der Waals surface area contributed by atoms with Gasteiger partial charge in [0.1, 0.15) is 5.69 Å². The third-order valence-electron chi connectivity index (χ3n) is 5.57. The van der Waals surface area contributed by atoms with Crippen LogP contribution in [0.2, 0.25) is 0 Å². The van der Waals surface area contributed by atoms with E-state index in [0.717, 1.165) is 23.4 Å². The third-order valence-corrected chi connectivity index (χ3v) is 6.77. The van der Waals surface area contributed by atoms with Gasteiger partial charge in [0, 0.05) is 24.7 Å². The van der Waals surface area contributed by atoms with E-state index in [-0.39, 0.29) is 11.9 Å². The average Bonchev–Trinajstić information content (AvgIpc) is 3.28. The highest BCUT2D eigenvalue weighted by Crippen LogP contribution is 2.34. The molecule has 0 atom stereocenters. The van der Waals surface area contributed by atoms with Crippen LogP contribution in [0.25, 0.3) is 10.2 Å². The van der Waals surface area contributed by atoms with Crippen molar-refractivity contribution >= 4 is 33.4 Å². The van der Waals surface area contributed by atoms with Gasteiger partial charge in [-0.25, -0.2) is 9.78 Å². The third kappa shape index (κ3) is 3.67. The Morgan fingerprint density at radius 3 is 2.66 bits per heavy atom. The lowest BCUT2D eigenvalue weighted by molar-refractivity contribution is 0.0525. The first-order valence-electron chi connectivity index (χ1n) is 10.0. The number of thiazole rings is 1. The van der Waals surface area contributed by atoms with E-state index in [0.29, 0.717) is 48.1 Å². The summed E-state index contributed by atoms with van der Waals surface area (Å²) >= 11 is 1.75. The zero-order valence-corrected chi connectivity index (χ0v) is 17.8. The molecule has 1 amide bonds. The maximum Gasteiger partial charge on any atom is 0.340 e. The highest BCUT2D eigenvalue weighted by atomic mass is 32.1. The number of hydrogen-bond acceptors (Lipinski definition) is 5. The zero-order valence-electron chi connectivity index (χ0n) is 16.9. The second kappa shape index (κ2) is 7.99. The van der Waals surface area contributed by atoms with Gasteiger partial charge >= 0.3 is 5.97 Å². The molecule has 1 N–H and O–H groups in total. The normalized spacial score (nSPS) is 15.1. The van der Waals surface area contributed by atoms with Gasteiger partial charge in [0.15, 0.2) is 0 Å². The van der Waals surface area contributed by atoms with Gasteiger partial charge < -0.3 is 14.6 Å².